The summed E-state index contributed by atoms with van der Waals surface area (Å²) >= 11 is 0. The van der Waals surface area contributed by atoms with Crippen LogP contribution in [0.1, 0.15) is 43.5 Å². The summed E-state index contributed by atoms with van der Waals surface area (Å²) in [6, 6.07) is 7.59. The number of nitrogens with zero attached hydrogens (tertiary/aromatic N) is 3. The fraction of sp³-hybridized carbons (Fsp3) is 0.400. The van der Waals surface area contributed by atoms with Gasteiger partial charge in [0, 0.05) is 37.7 Å². The third kappa shape index (κ3) is 4.91. The predicted molar refractivity (Wildman–Crippen MR) is 130 cm³/mol. The Balaban J connectivity index is 1.65. The maximum Gasteiger partial charge on any atom is 0.283 e. The first kappa shape index (κ1) is 25.9. The van der Waals surface area contributed by atoms with Crippen molar-refractivity contribution in [3.8, 4) is 11.1 Å². The molecule has 192 valence electrons. The number of aromatic nitrogens is 3. The first-order valence-corrected chi connectivity index (χ1v) is 13.1. The molecule has 1 aliphatic rings. The number of nitrogens with one attached hydrogen (secondary N) is 1. The molecule has 1 N–H and O–H groups in total. The van der Waals surface area contributed by atoms with Crippen LogP contribution < -0.4 is 4.72 Å². The summed E-state index contributed by atoms with van der Waals surface area (Å²) in [6.45, 7) is 6.56. The Morgan fingerprint density at radius 3 is 2.61 bits per heavy atom. The van der Waals surface area contributed by atoms with Gasteiger partial charge in [-0.05, 0) is 47.7 Å². The fourth-order valence-electron chi connectivity index (χ4n) is 4.34. The molecule has 0 aliphatic carbocycles. The maximum atomic E-state index is 14.5. The van der Waals surface area contributed by atoms with Crippen molar-refractivity contribution < 1.29 is 27.1 Å². The Bertz CT molecular complexity index is 1360. The molecule has 1 aliphatic heterocycles. The van der Waals surface area contributed by atoms with Gasteiger partial charge < -0.3 is 9.47 Å². The van der Waals surface area contributed by atoms with Gasteiger partial charge in [-0.3, -0.25) is 14.5 Å². The number of halogens is 1. The van der Waals surface area contributed by atoms with Crippen LogP contribution in [-0.4, -0.2) is 49.4 Å². The summed E-state index contributed by atoms with van der Waals surface area (Å²) in [7, 11) is -2.75. The van der Waals surface area contributed by atoms with Crippen LogP contribution in [0.4, 0.5) is 4.39 Å². The molecular formula is C25H29FN4O5S. The molecule has 4 rings (SSSR count). The van der Waals surface area contributed by atoms with Crippen molar-refractivity contribution in [2.45, 2.75) is 50.3 Å². The highest BCUT2D eigenvalue weighted by Crippen LogP contribution is 2.35. The number of ether oxygens (including phenoxy) is 2. The number of carbonyl (C=O) groups is 1. The number of hydrogen-bond acceptors (Lipinski definition) is 7. The minimum atomic E-state index is -4.28. The van der Waals surface area contributed by atoms with Crippen LogP contribution in [0, 0.1) is 5.82 Å². The predicted octanol–water partition coefficient (Wildman–Crippen LogP) is 3.15. The monoisotopic (exact) mass is 516 g/mol. The van der Waals surface area contributed by atoms with E-state index in [1.54, 1.807) is 24.5 Å². The maximum absolute atomic E-state index is 14.5. The topological polar surface area (TPSA) is 112 Å². The van der Waals surface area contributed by atoms with Crippen molar-refractivity contribution in [2.24, 2.45) is 0 Å². The molecule has 0 spiro atoms. The molecule has 0 saturated carbocycles. The molecule has 1 amide bonds. The molecule has 1 aromatic carbocycles. The van der Waals surface area contributed by atoms with Crippen LogP contribution in [0.2, 0.25) is 0 Å². The zero-order chi connectivity index (χ0) is 26.1. The summed E-state index contributed by atoms with van der Waals surface area (Å²) < 4.78 is 55.2. The van der Waals surface area contributed by atoms with Crippen molar-refractivity contribution in [2.75, 3.05) is 20.3 Å². The van der Waals surface area contributed by atoms with Gasteiger partial charge in [0.05, 0.1) is 25.3 Å². The molecular weight excluding hydrogens is 487 g/mol. The fourth-order valence-corrected chi connectivity index (χ4v) is 5.29. The summed E-state index contributed by atoms with van der Waals surface area (Å²) in [5, 5.41) is 3.91. The number of rotatable bonds is 9. The number of pyridine rings is 1. The van der Waals surface area contributed by atoms with Gasteiger partial charge in [-0.15, -0.1) is 0 Å². The number of benzene rings is 1. The smallest absolute Gasteiger partial charge is 0.283 e. The highest BCUT2D eigenvalue weighted by Gasteiger charge is 2.44. The summed E-state index contributed by atoms with van der Waals surface area (Å²) in [5.41, 5.74) is 2.06. The standard InChI is InChI=1S/C25H29FN4O5S/c1-5-30-22(25(34-4)14-35-15-25)12-24(28-30)36(32,33)29-23(31)11-21-19(16(2)3)9-18(26)10-20(21)17-7-6-8-27-13-17/h6-10,12-13,16H,5,11,14-15H2,1-4H3,(H,29,31). The second-order valence-corrected chi connectivity index (χ2v) is 10.6. The van der Waals surface area contributed by atoms with Gasteiger partial charge in [0.2, 0.25) is 5.91 Å². The van der Waals surface area contributed by atoms with Gasteiger partial charge in [-0.25, -0.2) is 9.11 Å². The van der Waals surface area contributed by atoms with E-state index in [4.69, 9.17) is 9.47 Å². The van der Waals surface area contributed by atoms with Crippen LogP contribution in [-0.2, 0) is 42.9 Å². The molecule has 11 heteroatoms. The quantitative estimate of drug-likeness (QED) is 0.465. The zero-order valence-electron chi connectivity index (χ0n) is 20.6. The van der Waals surface area contributed by atoms with E-state index in [0.29, 0.717) is 34.5 Å². The van der Waals surface area contributed by atoms with Gasteiger partial charge in [0.1, 0.15) is 5.82 Å². The second-order valence-electron chi connectivity index (χ2n) is 9.00. The van der Waals surface area contributed by atoms with Crippen molar-refractivity contribution in [3.05, 3.63) is 65.4 Å². The van der Waals surface area contributed by atoms with Crippen LogP contribution in [0.15, 0.2) is 47.8 Å². The van der Waals surface area contributed by atoms with E-state index in [0.717, 1.165) is 0 Å². The van der Waals surface area contributed by atoms with E-state index >= 15 is 0 Å². The Labute approximate surface area is 209 Å². The third-order valence-corrected chi connectivity index (χ3v) is 7.54. The minimum Gasteiger partial charge on any atom is -0.374 e. The number of hydrogen-bond donors (Lipinski definition) is 1. The molecule has 36 heavy (non-hydrogen) atoms. The molecule has 1 fully saturated rings. The molecule has 1 saturated heterocycles. The van der Waals surface area contributed by atoms with Crippen molar-refractivity contribution in [1.82, 2.24) is 19.5 Å². The van der Waals surface area contributed by atoms with Crippen LogP contribution in [0.5, 0.6) is 0 Å². The van der Waals surface area contributed by atoms with E-state index in [9.17, 15) is 17.6 Å². The Morgan fingerprint density at radius 1 is 1.31 bits per heavy atom. The van der Waals surface area contributed by atoms with Crippen LogP contribution in [0.25, 0.3) is 11.1 Å². The van der Waals surface area contributed by atoms with Crippen molar-refractivity contribution in [3.63, 3.8) is 0 Å². The molecule has 0 bridgehead atoms. The third-order valence-electron chi connectivity index (χ3n) is 6.29. The molecule has 3 heterocycles. The average molecular weight is 517 g/mol. The molecule has 0 radical (unpaired) electrons. The second kappa shape index (κ2) is 10.1. The lowest BCUT2D eigenvalue weighted by Gasteiger charge is -2.39. The Morgan fingerprint density at radius 2 is 2.06 bits per heavy atom. The molecule has 0 unspecified atom stereocenters. The van der Waals surface area contributed by atoms with Crippen molar-refractivity contribution in [1.29, 1.82) is 0 Å². The van der Waals surface area contributed by atoms with E-state index in [1.807, 2.05) is 20.8 Å². The number of aryl methyl sites for hydroxylation is 1. The number of carbonyl (C=O) groups excluding carboxylic acids is 1. The van der Waals surface area contributed by atoms with E-state index < -0.39 is 27.3 Å². The average Bonchev–Trinajstić information content (AvgIpc) is 3.25. The highest BCUT2D eigenvalue weighted by molar-refractivity contribution is 7.90. The number of methoxy groups -OCH3 is 1. The largest absolute Gasteiger partial charge is 0.374 e. The SMILES string of the molecule is CCn1nc(S(=O)(=O)NC(=O)Cc2c(-c3cccnc3)cc(F)cc2C(C)C)cc1C1(OC)COC1. The van der Waals surface area contributed by atoms with Gasteiger partial charge in [0.15, 0.2) is 10.6 Å². The minimum absolute atomic E-state index is 0.103. The zero-order valence-corrected chi connectivity index (χ0v) is 21.4. The van der Waals surface area contributed by atoms with Gasteiger partial charge in [-0.1, -0.05) is 19.9 Å². The molecule has 0 atom stereocenters. The molecule has 2 aromatic heterocycles. The lowest BCUT2D eigenvalue weighted by molar-refractivity contribution is -0.206. The van der Waals surface area contributed by atoms with E-state index in [2.05, 4.69) is 14.8 Å². The first-order valence-electron chi connectivity index (χ1n) is 11.6. The molecule has 3 aromatic rings. The lowest BCUT2D eigenvalue weighted by Crippen LogP contribution is -2.49. The van der Waals surface area contributed by atoms with Crippen LogP contribution >= 0.6 is 0 Å². The van der Waals surface area contributed by atoms with E-state index in [1.165, 1.54) is 30.0 Å². The summed E-state index contributed by atoms with van der Waals surface area (Å²) in [5.74, 6) is -1.30. The van der Waals surface area contributed by atoms with Crippen LogP contribution in [0.3, 0.4) is 0 Å². The van der Waals surface area contributed by atoms with Gasteiger partial charge >= 0.3 is 0 Å². The van der Waals surface area contributed by atoms with Gasteiger partial charge in [-0.2, -0.15) is 13.5 Å². The Hall–Kier alpha value is -3.15. The van der Waals surface area contributed by atoms with E-state index in [-0.39, 0.29) is 30.6 Å². The van der Waals surface area contributed by atoms with Gasteiger partial charge in [0.25, 0.3) is 10.0 Å². The van der Waals surface area contributed by atoms with Crippen molar-refractivity contribution >= 4 is 15.9 Å². The molecule has 9 nitrogen and oxygen atoms in total. The highest BCUT2D eigenvalue weighted by atomic mass is 32.2. The number of sulfonamides is 1. The normalized spacial score (nSPS) is 15.1. The Kier molecular flexibility index (Phi) is 7.26. The lowest BCUT2D eigenvalue weighted by atomic mass is 9.88. The number of amides is 1. The summed E-state index contributed by atoms with van der Waals surface area (Å²) in [4.78, 5) is 17.1. The summed E-state index contributed by atoms with van der Waals surface area (Å²) in [6.07, 6.45) is 2.90. The first-order chi connectivity index (χ1) is 17.1.